The molecule has 0 aliphatic carbocycles. The summed E-state index contributed by atoms with van der Waals surface area (Å²) in [5.74, 6) is 1.12. The summed E-state index contributed by atoms with van der Waals surface area (Å²) >= 11 is 12.3. The molecule has 2 heterocycles. The maximum atomic E-state index is 10.3. The summed E-state index contributed by atoms with van der Waals surface area (Å²) < 4.78 is 5.68. The van der Waals surface area contributed by atoms with Crippen molar-refractivity contribution in [3.8, 4) is 5.75 Å². The SMILES string of the molecule is OCCC1(O)CCN(c2ncc(OCc3c(Cl)cccc3Cl)cn2)CC1. The summed E-state index contributed by atoms with van der Waals surface area (Å²) in [5, 5.41) is 20.5. The van der Waals surface area contributed by atoms with E-state index in [2.05, 4.69) is 9.97 Å². The molecule has 3 rings (SSSR count). The average molecular weight is 398 g/mol. The van der Waals surface area contributed by atoms with Crippen molar-refractivity contribution in [2.75, 3.05) is 24.6 Å². The van der Waals surface area contributed by atoms with Crippen molar-refractivity contribution >= 4 is 29.2 Å². The normalized spacial score (nSPS) is 16.5. The van der Waals surface area contributed by atoms with Crippen molar-refractivity contribution in [1.29, 1.82) is 0 Å². The van der Waals surface area contributed by atoms with Gasteiger partial charge in [-0.3, -0.25) is 0 Å². The van der Waals surface area contributed by atoms with Crippen LogP contribution < -0.4 is 9.64 Å². The molecule has 0 amide bonds. The minimum atomic E-state index is -0.789. The van der Waals surface area contributed by atoms with Gasteiger partial charge in [0.05, 0.1) is 18.0 Å². The average Bonchev–Trinajstić information content (AvgIpc) is 2.63. The topological polar surface area (TPSA) is 78.7 Å². The van der Waals surface area contributed by atoms with E-state index in [0.29, 0.717) is 54.1 Å². The van der Waals surface area contributed by atoms with Gasteiger partial charge in [-0.1, -0.05) is 29.3 Å². The number of hydrogen-bond donors (Lipinski definition) is 2. The predicted molar refractivity (Wildman–Crippen MR) is 101 cm³/mol. The first kappa shape index (κ1) is 19.2. The van der Waals surface area contributed by atoms with Crippen LogP contribution in [0.3, 0.4) is 0 Å². The van der Waals surface area contributed by atoms with Crippen molar-refractivity contribution in [1.82, 2.24) is 9.97 Å². The molecule has 1 aliphatic rings. The van der Waals surface area contributed by atoms with E-state index >= 15 is 0 Å². The Kier molecular flexibility index (Phi) is 6.19. The minimum Gasteiger partial charge on any atom is -0.486 e. The zero-order valence-corrected chi connectivity index (χ0v) is 15.7. The summed E-state index contributed by atoms with van der Waals surface area (Å²) in [5.41, 5.74) is -0.0678. The van der Waals surface area contributed by atoms with E-state index < -0.39 is 5.60 Å². The molecule has 1 aliphatic heterocycles. The number of nitrogens with zero attached hydrogens (tertiary/aromatic N) is 3. The molecule has 26 heavy (non-hydrogen) atoms. The number of anilines is 1. The van der Waals surface area contributed by atoms with Crippen LogP contribution in [-0.4, -0.2) is 45.5 Å². The molecule has 0 bridgehead atoms. The second kappa shape index (κ2) is 8.39. The number of hydrogen-bond acceptors (Lipinski definition) is 6. The number of rotatable bonds is 6. The van der Waals surface area contributed by atoms with E-state index in [4.69, 9.17) is 33.0 Å². The van der Waals surface area contributed by atoms with Crippen LogP contribution in [0.15, 0.2) is 30.6 Å². The van der Waals surface area contributed by atoms with Gasteiger partial charge in [0.25, 0.3) is 0 Å². The number of aliphatic hydroxyl groups excluding tert-OH is 1. The molecule has 140 valence electrons. The molecular weight excluding hydrogens is 377 g/mol. The molecule has 0 spiro atoms. The molecule has 0 radical (unpaired) electrons. The number of halogens is 2. The minimum absolute atomic E-state index is 0.00547. The van der Waals surface area contributed by atoms with Gasteiger partial charge in [-0.15, -0.1) is 0 Å². The summed E-state index contributed by atoms with van der Waals surface area (Å²) in [6.45, 7) is 1.52. The van der Waals surface area contributed by atoms with Gasteiger partial charge in [0.2, 0.25) is 5.95 Å². The fourth-order valence-corrected chi connectivity index (χ4v) is 3.46. The van der Waals surface area contributed by atoms with Gasteiger partial charge in [0.15, 0.2) is 5.75 Å². The van der Waals surface area contributed by atoms with E-state index in [1.807, 2.05) is 4.90 Å². The Hall–Kier alpha value is -1.60. The number of ether oxygens (including phenoxy) is 1. The quantitative estimate of drug-likeness (QED) is 0.779. The third-order valence-electron chi connectivity index (χ3n) is 4.61. The molecule has 0 atom stereocenters. The van der Waals surface area contributed by atoms with E-state index in [1.165, 1.54) is 0 Å². The lowest BCUT2D eigenvalue weighted by molar-refractivity contribution is -0.00554. The lowest BCUT2D eigenvalue weighted by Crippen LogP contribution is -2.45. The molecule has 0 saturated carbocycles. The molecule has 1 fully saturated rings. The second-order valence-corrected chi connectivity index (χ2v) is 7.21. The highest BCUT2D eigenvalue weighted by atomic mass is 35.5. The molecule has 2 N–H and O–H groups in total. The Morgan fingerprint density at radius 2 is 1.73 bits per heavy atom. The third kappa shape index (κ3) is 4.57. The summed E-state index contributed by atoms with van der Waals surface area (Å²) in [4.78, 5) is 10.7. The standard InChI is InChI=1S/C18H21Cl2N3O3/c19-15-2-1-3-16(20)14(15)12-26-13-10-21-17(22-11-13)23-7-4-18(25,5-8-23)6-9-24/h1-3,10-11,24-25H,4-9,12H2. The van der Waals surface area contributed by atoms with Crippen molar-refractivity contribution in [2.24, 2.45) is 0 Å². The van der Waals surface area contributed by atoms with Crippen LogP contribution in [0.5, 0.6) is 5.75 Å². The highest BCUT2D eigenvalue weighted by Gasteiger charge is 2.32. The lowest BCUT2D eigenvalue weighted by atomic mass is 9.89. The summed E-state index contributed by atoms with van der Waals surface area (Å²) in [6.07, 6.45) is 4.79. The van der Waals surface area contributed by atoms with Crippen molar-refractivity contribution in [3.63, 3.8) is 0 Å². The number of benzene rings is 1. The molecule has 1 saturated heterocycles. The smallest absolute Gasteiger partial charge is 0.225 e. The van der Waals surface area contributed by atoms with E-state index in [9.17, 15) is 5.11 Å². The number of aromatic nitrogens is 2. The Morgan fingerprint density at radius 3 is 2.31 bits per heavy atom. The Morgan fingerprint density at radius 1 is 1.12 bits per heavy atom. The Balaban J connectivity index is 1.57. The van der Waals surface area contributed by atoms with Crippen molar-refractivity contribution in [2.45, 2.75) is 31.5 Å². The van der Waals surface area contributed by atoms with Gasteiger partial charge in [-0.2, -0.15) is 0 Å². The van der Waals surface area contributed by atoms with Crippen LogP contribution in [0, 0.1) is 0 Å². The molecule has 1 aromatic heterocycles. The van der Waals surface area contributed by atoms with E-state index in [0.717, 1.165) is 5.56 Å². The fourth-order valence-electron chi connectivity index (χ4n) is 2.95. The van der Waals surface area contributed by atoms with Gasteiger partial charge < -0.3 is 19.8 Å². The summed E-state index contributed by atoms with van der Waals surface area (Å²) in [6, 6.07) is 5.31. The van der Waals surface area contributed by atoms with Gasteiger partial charge >= 0.3 is 0 Å². The van der Waals surface area contributed by atoms with Crippen LogP contribution in [0.25, 0.3) is 0 Å². The maximum absolute atomic E-state index is 10.3. The van der Waals surface area contributed by atoms with Crippen LogP contribution in [0.2, 0.25) is 10.0 Å². The Bertz CT molecular complexity index is 715. The third-order valence-corrected chi connectivity index (χ3v) is 5.32. The van der Waals surface area contributed by atoms with Crippen LogP contribution in [0.1, 0.15) is 24.8 Å². The largest absolute Gasteiger partial charge is 0.486 e. The van der Waals surface area contributed by atoms with E-state index in [1.54, 1.807) is 30.6 Å². The van der Waals surface area contributed by atoms with Crippen LogP contribution in [0.4, 0.5) is 5.95 Å². The van der Waals surface area contributed by atoms with Gasteiger partial charge in [0, 0.05) is 35.3 Å². The highest BCUT2D eigenvalue weighted by Crippen LogP contribution is 2.28. The first-order chi connectivity index (χ1) is 12.5. The first-order valence-corrected chi connectivity index (χ1v) is 9.22. The van der Waals surface area contributed by atoms with Crippen LogP contribution in [-0.2, 0) is 6.61 Å². The predicted octanol–water partition coefficient (Wildman–Crippen LogP) is 3.08. The molecule has 6 nitrogen and oxygen atoms in total. The fraction of sp³-hybridized carbons (Fsp3) is 0.444. The zero-order chi connectivity index (χ0) is 18.6. The Labute approximate surface area is 162 Å². The molecule has 2 aromatic rings. The monoisotopic (exact) mass is 397 g/mol. The van der Waals surface area contributed by atoms with Crippen LogP contribution >= 0.6 is 23.2 Å². The molecule has 8 heteroatoms. The highest BCUT2D eigenvalue weighted by molar-refractivity contribution is 6.35. The lowest BCUT2D eigenvalue weighted by Gasteiger charge is -2.37. The second-order valence-electron chi connectivity index (χ2n) is 6.39. The van der Waals surface area contributed by atoms with Gasteiger partial charge in [-0.05, 0) is 31.4 Å². The van der Waals surface area contributed by atoms with E-state index in [-0.39, 0.29) is 13.2 Å². The van der Waals surface area contributed by atoms with Gasteiger partial charge in [-0.25, -0.2) is 9.97 Å². The molecular formula is C18H21Cl2N3O3. The molecule has 1 aromatic carbocycles. The van der Waals surface area contributed by atoms with Crippen molar-refractivity contribution in [3.05, 3.63) is 46.2 Å². The zero-order valence-electron chi connectivity index (χ0n) is 14.2. The van der Waals surface area contributed by atoms with Gasteiger partial charge in [0.1, 0.15) is 6.61 Å². The maximum Gasteiger partial charge on any atom is 0.225 e. The number of aliphatic hydroxyl groups is 2. The number of piperidine rings is 1. The first-order valence-electron chi connectivity index (χ1n) is 8.47. The summed E-state index contributed by atoms with van der Waals surface area (Å²) in [7, 11) is 0. The van der Waals surface area contributed by atoms with Crippen molar-refractivity contribution < 1.29 is 14.9 Å². The molecule has 0 unspecified atom stereocenters.